The molecule has 3 N–H and O–H groups in total. The minimum Gasteiger partial charge on any atom is -0.444 e. The van der Waals surface area contributed by atoms with Gasteiger partial charge in [-0.1, -0.05) is 0 Å². The molecule has 2 rings (SSSR count). The SMILES string of the molecule is CC(C)(C)OC(=O)N1C2CCC1C(N)C(O)C2. The summed E-state index contributed by atoms with van der Waals surface area (Å²) in [7, 11) is 0. The van der Waals surface area contributed by atoms with Gasteiger partial charge in [-0.2, -0.15) is 0 Å². The number of piperidine rings is 1. The lowest BCUT2D eigenvalue weighted by molar-refractivity contribution is -0.0188. The summed E-state index contributed by atoms with van der Waals surface area (Å²) in [5.41, 5.74) is 5.46. The minimum absolute atomic E-state index is 0.0707. The van der Waals surface area contributed by atoms with E-state index in [2.05, 4.69) is 0 Å². The fourth-order valence-corrected chi connectivity index (χ4v) is 2.81. The van der Waals surface area contributed by atoms with Gasteiger partial charge in [-0.25, -0.2) is 4.79 Å². The second kappa shape index (κ2) is 4.14. The van der Waals surface area contributed by atoms with E-state index < -0.39 is 11.7 Å². The molecular weight excluding hydrogens is 220 g/mol. The van der Waals surface area contributed by atoms with Crippen LogP contribution in [0.2, 0.25) is 0 Å². The largest absolute Gasteiger partial charge is 0.444 e. The highest BCUT2D eigenvalue weighted by atomic mass is 16.6. The summed E-state index contributed by atoms with van der Waals surface area (Å²) in [6, 6.07) is -0.329. The molecule has 2 bridgehead atoms. The molecule has 0 aromatic rings. The highest BCUT2D eigenvalue weighted by Gasteiger charge is 2.48. The first-order valence-corrected chi connectivity index (χ1v) is 6.24. The Morgan fingerprint density at radius 3 is 2.65 bits per heavy atom. The Balaban J connectivity index is 2.10. The monoisotopic (exact) mass is 242 g/mol. The molecule has 2 saturated heterocycles. The van der Waals surface area contributed by atoms with E-state index in [9.17, 15) is 9.90 Å². The molecule has 0 aromatic carbocycles. The standard InChI is InChI=1S/C12H22N2O3/c1-12(2,3)17-11(16)14-7-4-5-8(14)10(13)9(15)6-7/h7-10,15H,4-6,13H2,1-3H3. The van der Waals surface area contributed by atoms with Gasteiger partial charge in [0.1, 0.15) is 5.60 Å². The van der Waals surface area contributed by atoms with E-state index in [1.165, 1.54) is 0 Å². The highest BCUT2D eigenvalue weighted by Crippen LogP contribution is 2.36. The predicted molar refractivity (Wildman–Crippen MR) is 63.5 cm³/mol. The Morgan fingerprint density at radius 2 is 2.06 bits per heavy atom. The molecule has 0 aliphatic carbocycles. The Bertz CT molecular complexity index is 313. The molecular formula is C12H22N2O3. The summed E-state index contributed by atoms with van der Waals surface area (Å²) in [6.45, 7) is 5.56. The number of aliphatic hydroxyl groups is 1. The molecule has 4 atom stereocenters. The first-order valence-electron chi connectivity index (χ1n) is 6.24. The van der Waals surface area contributed by atoms with Crippen molar-refractivity contribution in [1.29, 1.82) is 0 Å². The molecule has 0 saturated carbocycles. The number of hydrogen-bond donors (Lipinski definition) is 2. The van der Waals surface area contributed by atoms with Crippen LogP contribution in [0.4, 0.5) is 4.79 Å². The number of fused-ring (bicyclic) bond motifs is 2. The fourth-order valence-electron chi connectivity index (χ4n) is 2.81. The third-order valence-corrected chi connectivity index (χ3v) is 3.55. The van der Waals surface area contributed by atoms with Crippen LogP contribution in [0.5, 0.6) is 0 Å². The van der Waals surface area contributed by atoms with Crippen molar-refractivity contribution in [2.24, 2.45) is 5.73 Å². The number of amides is 1. The highest BCUT2D eigenvalue weighted by molar-refractivity contribution is 5.70. The van der Waals surface area contributed by atoms with Crippen molar-refractivity contribution in [3.8, 4) is 0 Å². The third kappa shape index (κ3) is 2.40. The molecule has 4 unspecified atom stereocenters. The normalized spacial score (nSPS) is 37.1. The van der Waals surface area contributed by atoms with Gasteiger partial charge in [0, 0.05) is 6.04 Å². The number of nitrogens with zero attached hydrogens (tertiary/aromatic N) is 1. The average molecular weight is 242 g/mol. The number of carbonyl (C=O) groups excluding carboxylic acids is 1. The molecule has 5 nitrogen and oxygen atoms in total. The number of carbonyl (C=O) groups is 1. The molecule has 0 radical (unpaired) electrons. The van der Waals surface area contributed by atoms with Crippen LogP contribution < -0.4 is 5.73 Å². The first kappa shape index (κ1) is 12.6. The second-order valence-electron chi connectivity index (χ2n) is 6.07. The van der Waals surface area contributed by atoms with Gasteiger partial charge in [0.25, 0.3) is 0 Å². The number of aliphatic hydroxyl groups excluding tert-OH is 1. The van der Waals surface area contributed by atoms with E-state index in [0.29, 0.717) is 6.42 Å². The Hall–Kier alpha value is -0.810. The topological polar surface area (TPSA) is 75.8 Å². The zero-order valence-corrected chi connectivity index (χ0v) is 10.7. The van der Waals surface area contributed by atoms with Crippen molar-refractivity contribution < 1.29 is 14.6 Å². The first-order chi connectivity index (χ1) is 7.79. The van der Waals surface area contributed by atoms with Crippen LogP contribution in [0.15, 0.2) is 0 Å². The smallest absolute Gasteiger partial charge is 0.410 e. The predicted octanol–water partition coefficient (Wildman–Crippen LogP) is 0.846. The van der Waals surface area contributed by atoms with E-state index in [0.717, 1.165) is 12.8 Å². The molecule has 1 amide bonds. The van der Waals surface area contributed by atoms with E-state index in [4.69, 9.17) is 10.5 Å². The van der Waals surface area contributed by atoms with Crippen LogP contribution in [0.3, 0.4) is 0 Å². The summed E-state index contributed by atoms with van der Waals surface area (Å²) < 4.78 is 5.39. The molecule has 2 heterocycles. The molecule has 0 spiro atoms. The van der Waals surface area contributed by atoms with Crippen LogP contribution >= 0.6 is 0 Å². The van der Waals surface area contributed by atoms with Gasteiger partial charge in [0.2, 0.25) is 0 Å². The third-order valence-electron chi connectivity index (χ3n) is 3.55. The fraction of sp³-hybridized carbons (Fsp3) is 0.917. The maximum absolute atomic E-state index is 12.1. The second-order valence-corrected chi connectivity index (χ2v) is 6.07. The Morgan fingerprint density at radius 1 is 1.41 bits per heavy atom. The van der Waals surface area contributed by atoms with Gasteiger partial charge in [0.15, 0.2) is 0 Å². The van der Waals surface area contributed by atoms with Crippen molar-refractivity contribution in [2.75, 3.05) is 0 Å². The van der Waals surface area contributed by atoms with Crippen molar-refractivity contribution in [3.63, 3.8) is 0 Å². The summed E-state index contributed by atoms with van der Waals surface area (Å²) >= 11 is 0. The van der Waals surface area contributed by atoms with Crippen molar-refractivity contribution in [2.45, 2.75) is 69.9 Å². The number of hydrogen-bond acceptors (Lipinski definition) is 4. The van der Waals surface area contributed by atoms with Crippen LogP contribution in [-0.4, -0.2) is 45.9 Å². The molecule has 0 aromatic heterocycles. The van der Waals surface area contributed by atoms with Crippen molar-refractivity contribution >= 4 is 6.09 Å². The van der Waals surface area contributed by atoms with Gasteiger partial charge < -0.3 is 20.5 Å². The minimum atomic E-state index is -0.494. The lowest BCUT2D eigenvalue weighted by Gasteiger charge is -2.41. The van der Waals surface area contributed by atoms with E-state index in [1.807, 2.05) is 20.8 Å². The van der Waals surface area contributed by atoms with Crippen LogP contribution in [-0.2, 0) is 4.74 Å². The lowest BCUT2D eigenvalue weighted by atomic mass is 9.95. The zero-order valence-electron chi connectivity index (χ0n) is 10.7. The molecule has 2 aliphatic heterocycles. The van der Waals surface area contributed by atoms with Crippen LogP contribution in [0.1, 0.15) is 40.0 Å². The number of rotatable bonds is 0. The van der Waals surface area contributed by atoms with E-state index in [-0.39, 0.29) is 24.2 Å². The van der Waals surface area contributed by atoms with Gasteiger partial charge in [-0.15, -0.1) is 0 Å². The number of ether oxygens (including phenoxy) is 1. The number of nitrogens with two attached hydrogens (primary N) is 1. The molecule has 98 valence electrons. The maximum atomic E-state index is 12.1. The van der Waals surface area contributed by atoms with Crippen molar-refractivity contribution in [3.05, 3.63) is 0 Å². The molecule has 5 heteroatoms. The van der Waals surface area contributed by atoms with Gasteiger partial charge in [0.05, 0.1) is 18.2 Å². The Kier molecular flexibility index (Phi) is 3.08. The molecule has 2 fully saturated rings. The summed E-state index contributed by atoms with van der Waals surface area (Å²) in [5.74, 6) is 0. The van der Waals surface area contributed by atoms with Crippen LogP contribution in [0.25, 0.3) is 0 Å². The van der Waals surface area contributed by atoms with Gasteiger partial charge in [-0.05, 0) is 40.0 Å². The van der Waals surface area contributed by atoms with Gasteiger partial charge in [-0.3, -0.25) is 0 Å². The lowest BCUT2D eigenvalue weighted by Crippen LogP contribution is -2.60. The van der Waals surface area contributed by atoms with Gasteiger partial charge >= 0.3 is 6.09 Å². The summed E-state index contributed by atoms with van der Waals surface area (Å²) in [6.07, 6.45) is 1.55. The Labute approximate surface area is 102 Å². The zero-order chi connectivity index (χ0) is 12.8. The summed E-state index contributed by atoms with van der Waals surface area (Å²) in [5, 5.41) is 9.79. The molecule has 2 aliphatic rings. The van der Waals surface area contributed by atoms with E-state index >= 15 is 0 Å². The van der Waals surface area contributed by atoms with Crippen molar-refractivity contribution in [1.82, 2.24) is 4.90 Å². The summed E-state index contributed by atoms with van der Waals surface area (Å²) in [4.78, 5) is 13.8. The quantitative estimate of drug-likeness (QED) is 0.660. The maximum Gasteiger partial charge on any atom is 0.410 e. The van der Waals surface area contributed by atoms with E-state index in [1.54, 1.807) is 4.90 Å². The molecule has 17 heavy (non-hydrogen) atoms. The van der Waals surface area contributed by atoms with Crippen LogP contribution in [0, 0.1) is 0 Å². The average Bonchev–Trinajstić information content (AvgIpc) is 2.51.